The number of aromatic nitrogens is 1. The minimum absolute atomic E-state index is 0.0111. The third-order valence-corrected chi connectivity index (χ3v) is 3.39. The number of alkyl halides is 2. The Morgan fingerprint density at radius 2 is 2.06 bits per heavy atom. The smallest absolute Gasteiger partial charge is 0.287 e. The monoisotopic (exact) mass is 255 g/mol. The van der Waals surface area contributed by atoms with Crippen LogP contribution in [0.15, 0.2) is 18.3 Å². The SMILES string of the molecule is Cc1ccc(C(F)(F)CN2CCC(N)CC2)cn1. The van der Waals surface area contributed by atoms with Gasteiger partial charge in [-0.3, -0.25) is 9.88 Å². The van der Waals surface area contributed by atoms with Crippen molar-refractivity contribution in [2.24, 2.45) is 5.73 Å². The second-order valence-corrected chi connectivity index (χ2v) is 5.01. The molecule has 0 radical (unpaired) electrons. The quantitative estimate of drug-likeness (QED) is 0.897. The molecule has 2 heterocycles. The molecule has 1 aliphatic rings. The number of likely N-dealkylation sites (tertiary alicyclic amines) is 1. The van der Waals surface area contributed by atoms with E-state index in [1.54, 1.807) is 17.9 Å². The number of rotatable bonds is 3. The molecule has 1 aromatic heterocycles. The zero-order valence-corrected chi connectivity index (χ0v) is 10.6. The van der Waals surface area contributed by atoms with Crippen LogP contribution in [0.25, 0.3) is 0 Å². The first-order valence-corrected chi connectivity index (χ1v) is 6.26. The highest BCUT2D eigenvalue weighted by atomic mass is 19.3. The minimum atomic E-state index is -2.85. The summed E-state index contributed by atoms with van der Waals surface area (Å²) < 4.78 is 28.1. The summed E-state index contributed by atoms with van der Waals surface area (Å²) in [4.78, 5) is 5.71. The molecule has 1 aliphatic heterocycles. The third kappa shape index (κ3) is 3.23. The Labute approximate surface area is 106 Å². The predicted octanol–water partition coefficient (Wildman–Crippen LogP) is 1.90. The molecule has 0 bridgehead atoms. The molecular formula is C13H19F2N3. The van der Waals surface area contributed by atoms with Crippen LogP contribution in [-0.4, -0.2) is 35.6 Å². The second kappa shape index (κ2) is 5.28. The molecule has 100 valence electrons. The maximum atomic E-state index is 14.1. The van der Waals surface area contributed by atoms with Crippen LogP contribution in [0, 0.1) is 6.92 Å². The fourth-order valence-electron chi connectivity index (χ4n) is 2.17. The lowest BCUT2D eigenvalue weighted by molar-refractivity contribution is -0.0427. The Morgan fingerprint density at radius 1 is 1.39 bits per heavy atom. The van der Waals surface area contributed by atoms with E-state index >= 15 is 0 Å². The zero-order valence-electron chi connectivity index (χ0n) is 10.6. The second-order valence-electron chi connectivity index (χ2n) is 5.01. The van der Waals surface area contributed by atoms with E-state index in [0.29, 0.717) is 13.1 Å². The fraction of sp³-hybridized carbons (Fsp3) is 0.615. The van der Waals surface area contributed by atoms with E-state index < -0.39 is 5.92 Å². The summed E-state index contributed by atoms with van der Waals surface area (Å²) in [5.74, 6) is -2.85. The van der Waals surface area contributed by atoms with Crippen LogP contribution in [0.1, 0.15) is 24.1 Å². The maximum Gasteiger partial charge on any atom is 0.287 e. The predicted molar refractivity (Wildman–Crippen MR) is 66.5 cm³/mol. The Kier molecular flexibility index (Phi) is 3.92. The molecule has 0 spiro atoms. The van der Waals surface area contributed by atoms with E-state index in [9.17, 15) is 8.78 Å². The molecule has 0 saturated carbocycles. The maximum absolute atomic E-state index is 14.1. The van der Waals surface area contributed by atoms with Crippen molar-refractivity contribution in [1.29, 1.82) is 0 Å². The van der Waals surface area contributed by atoms with Crippen LogP contribution in [0.3, 0.4) is 0 Å². The standard InChI is InChI=1S/C13H19F2N3/c1-10-2-3-11(8-17-10)13(14,15)9-18-6-4-12(16)5-7-18/h2-3,8,12H,4-7,9,16H2,1H3. The number of hydrogen-bond donors (Lipinski definition) is 1. The van der Waals surface area contributed by atoms with Gasteiger partial charge in [-0.05, 0) is 45.0 Å². The molecule has 1 fully saturated rings. The number of hydrogen-bond acceptors (Lipinski definition) is 3. The number of nitrogens with two attached hydrogens (primary N) is 1. The van der Waals surface area contributed by atoms with Crippen molar-refractivity contribution in [3.05, 3.63) is 29.6 Å². The van der Waals surface area contributed by atoms with Crippen molar-refractivity contribution in [1.82, 2.24) is 9.88 Å². The first kappa shape index (κ1) is 13.4. The molecule has 0 aromatic carbocycles. The summed E-state index contributed by atoms with van der Waals surface area (Å²) in [6.07, 6.45) is 2.86. The lowest BCUT2D eigenvalue weighted by atomic mass is 10.0. The summed E-state index contributed by atoms with van der Waals surface area (Å²) in [5.41, 5.74) is 6.50. The summed E-state index contributed by atoms with van der Waals surface area (Å²) >= 11 is 0. The van der Waals surface area contributed by atoms with Gasteiger partial charge in [0.2, 0.25) is 0 Å². The highest BCUT2D eigenvalue weighted by Crippen LogP contribution is 2.29. The minimum Gasteiger partial charge on any atom is -0.328 e. The Morgan fingerprint density at radius 3 is 2.61 bits per heavy atom. The molecular weight excluding hydrogens is 236 g/mol. The van der Waals surface area contributed by atoms with Gasteiger partial charge in [0.1, 0.15) is 0 Å². The number of piperidine rings is 1. The zero-order chi connectivity index (χ0) is 13.2. The molecule has 5 heteroatoms. The van der Waals surface area contributed by atoms with E-state index in [0.717, 1.165) is 18.5 Å². The Balaban J connectivity index is 2.00. The van der Waals surface area contributed by atoms with E-state index in [1.807, 2.05) is 0 Å². The van der Waals surface area contributed by atoms with Gasteiger partial charge < -0.3 is 5.73 Å². The molecule has 0 unspecified atom stereocenters. The van der Waals surface area contributed by atoms with Gasteiger partial charge in [-0.15, -0.1) is 0 Å². The molecule has 1 aromatic rings. The van der Waals surface area contributed by atoms with Gasteiger partial charge in [0, 0.05) is 23.5 Å². The average Bonchev–Trinajstić information content (AvgIpc) is 2.32. The molecule has 0 atom stereocenters. The summed E-state index contributed by atoms with van der Waals surface area (Å²) in [5, 5.41) is 0. The number of aryl methyl sites for hydroxylation is 1. The van der Waals surface area contributed by atoms with E-state index in [4.69, 9.17) is 5.73 Å². The first-order chi connectivity index (χ1) is 8.47. The van der Waals surface area contributed by atoms with Gasteiger partial charge in [-0.1, -0.05) is 0 Å². The van der Waals surface area contributed by atoms with Gasteiger partial charge in [0.25, 0.3) is 5.92 Å². The highest BCUT2D eigenvalue weighted by Gasteiger charge is 2.35. The first-order valence-electron chi connectivity index (χ1n) is 6.26. The average molecular weight is 255 g/mol. The van der Waals surface area contributed by atoms with Crippen molar-refractivity contribution in [3.63, 3.8) is 0 Å². The molecule has 0 amide bonds. The van der Waals surface area contributed by atoms with Gasteiger partial charge in [0.15, 0.2) is 0 Å². The topological polar surface area (TPSA) is 42.1 Å². The number of pyridine rings is 1. The van der Waals surface area contributed by atoms with E-state index in [1.165, 1.54) is 12.3 Å². The molecule has 2 N–H and O–H groups in total. The fourth-order valence-corrected chi connectivity index (χ4v) is 2.17. The Hall–Kier alpha value is -1.07. The van der Waals surface area contributed by atoms with Crippen molar-refractivity contribution in [3.8, 4) is 0 Å². The lowest BCUT2D eigenvalue weighted by Crippen LogP contribution is -2.44. The normalized spacial score (nSPS) is 19.1. The summed E-state index contributed by atoms with van der Waals surface area (Å²) in [7, 11) is 0. The molecule has 18 heavy (non-hydrogen) atoms. The van der Waals surface area contributed by atoms with Crippen molar-refractivity contribution < 1.29 is 8.78 Å². The van der Waals surface area contributed by atoms with Gasteiger partial charge in [0.05, 0.1) is 6.54 Å². The van der Waals surface area contributed by atoms with E-state index in [-0.39, 0.29) is 18.2 Å². The van der Waals surface area contributed by atoms with Gasteiger partial charge in [-0.25, -0.2) is 0 Å². The summed E-state index contributed by atoms with van der Waals surface area (Å²) in [6, 6.07) is 3.24. The largest absolute Gasteiger partial charge is 0.328 e. The van der Waals surface area contributed by atoms with Crippen LogP contribution in [-0.2, 0) is 5.92 Å². The lowest BCUT2D eigenvalue weighted by Gasteiger charge is -2.32. The number of nitrogens with zero attached hydrogens (tertiary/aromatic N) is 2. The van der Waals surface area contributed by atoms with Gasteiger partial charge in [-0.2, -0.15) is 8.78 Å². The molecule has 2 rings (SSSR count). The van der Waals surface area contributed by atoms with Crippen LogP contribution in [0.4, 0.5) is 8.78 Å². The Bertz CT molecular complexity index is 384. The molecule has 0 aliphatic carbocycles. The van der Waals surface area contributed by atoms with E-state index in [2.05, 4.69) is 4.98 Å². The third-order valence-electron chi connectivity index (χ3n) is 3.39. The number of halogens is 2. The van der Waals surface area contributed by atoms with Crippen LogP contribution in [0.2, 0.25) is 0 Å². The molecule has 1 saturated heterocycles. The summed E-state index contributed by atoms with van der Waals surface area (Å²) in [6.45, 7) is 2.84. The van der Waals surface area contributed by atoms with Crippen LogP contribution in [0.5, 0.6) is 0 Å². The van der Waals surface area contributed by atoms with Crippen molar-refractivity contribution in [2.75, 3.05) is 19.6 Å². The van der Waals surface area contributed by atoms with Crippen molar-refractivity contribution >= 4 is 0 Å². The van der Waals surface area contributed by atoms with Crippen LogP contribution >= 0.6 is 0 Å². The molecule has 3 nitrogen and oxygen atoms in total. The van der Waals surface area contributed by atoms with Crippen LogP contribution < -0.4 is 5.73 Å². The van der Waals surface area contributed by atoms with Gasteiger partial charge >= 0.3 is 0 Å². The van der Waals surface area contributed by atoms with Crippen molar-refractivity contribution in [2.45, 2.75) is 31.7 Å². The highest BCUT2D eigenvalue weighted by molar-refractivity contribution is 5.18.